The van der Waals surface area contributed by atoms with E-state index in [1.165, 1.54) is 4.31 Å². The summed E-state index contributed by atoms with van der Waals surface area (Å²) in [6, 6.07) is 20.1. The number of hydrogen-bond acceptors (Lipinski definition) is 7. The first kappa shape index (κ1) is 27.2. The van der Waals surface area contributed by atoms with Gasteiger partial charge in [-0.3, -0.25) is 9.10 Å². The summed E-state index contributed by atoms with van der Waals surface area (Å²) in [6.07, 6.45) is 0. The van der Waals surface area contributed by atoms with Gasteiger partial charge in [0, 0.05) is 50.5 Å². The summed E-state index contributed by atoms with van der Waals surface area (Å²) >= 11 is 0. The van der Waals surface area contributed by atoms with Gasteiger partial charge >= 0.3 is 0 Å². The zero-order chi connectivity index (χ0) is 28.7. The second-order valence-corrected chi connectivity index (χ2v) is 12.7. The number of likely N-dealkylation sites (N-methyl/N-ethyl adjacent to an activating group) is 2. The molecular formula is C31H35N5O4S. The Morgan fingerprint density at radius 3 is 2.44 bits per heavy atom. The summed E-state index contributed by atoms with van der Waals surface area (Å²) in [5.74, 6) is 0.532. The molecule has 41 heavy (non-hydrogen) atoms. The number of aromatic amines is 1. The Morgan fingerprint density at radius 1 is 0.927 bits per heavy atom. The van der Waals surface area contributed by atoms with Gasteiger partial charge < -0.3 is 24.4 Å². The van der Waals surface area contributed by atoms with Crippen LogP contribution in [-0.4, -0.2) is 71.7 Å². The van der Waals surface area contributed by atoms with Crippen LogP contribution in [0.5, 0.6) is 5.75 Å². The molecule has 1 N–H and O–H groups in total. The van der Waals surface area contributed by atoms with E-state index in [1.54, 1.807) is 24.3 Å². The maximum atomic E-state index is 14.3. The van der Waals surface area contributed by atoms with Crippen molar-refractivity contribution in [1.29, 1.82) is 0 Å². The Balaban J connectivity index is 1.41. The lowest BCUT2D eigenvalue weighted by atomic mass is 10.1. The third kappa shape index (κ3) is 5.25. The SMILES string of the molecule is Cc1cccc2cc(CN(c3ccc(N4CCN(C)CC4)cc3)S(=O)(=O)c3ccc4c(c3)OCCN4C)c(=O)[nH]c12. The molecule has 4 aromatic rings. The molecule has 6 rings (SSSR count). The minimum atomic E-state index is -4.06. The molecule has 0 radical (unpaired) electrons. The van der Waals surface area contributed by atoms with Crippen molar-refractivity contribution in [2.24, 2.45) is 0 Å². The molecule has 1 fully saturated rings. The molecular weight excluding hydrogens is 538 g/mol. The van der Waals surface area contributed by atoms with Gasteiger partial charge in [-0.15, -0.1) is 0 Å². The quantitative estimate of drug-likeness (QED) is 0.375. The van der Waals surface area contributed by atoms with Crippen LogP contribution in [0.3, 0.4) is 0 Å². The van der Waals surface area contributed by atoms with Gasteiger partial charge in [0.25, 0.3) is 15.6 Å². The third-order valence-corrected chi connectivity index (χ3v) is 9.87. The summed E-state index contributed by atoms with van der Waals surface area (Å²) in [7, 11) is 0.00497. The number of nitrogens with one attached hydrogen (secondary N) is 1. The highest BCUT2D eigenvalue weighted by Crippen LogP contribution is 2.35. The molecule has 0 spiro atoms. The molecule has 2 aliphatic rings. The fraction of sp³-hybridized carbons (Fsp3) is 0.323. The second-order valence-electron chi connectivity index (χ2n) is 10.9. The largest absolute Gasteiger partial charge is 0.490 e. The zero-order valence-corrected chi connectivity index (χ0v) is 24.4. The number of aromatic nitrogens is 1. The molecule has 3 heterocycles. The van der Waals surface area contributed by atoms with Gasteiger partial charge in [-0.2, -0.15) is 0 Å². The van der Waals surface area contributed by atoms with Crippen molar-refractivity contribution in [1.82, 2.24) is 9.88 Å². The van der Waals surface area contributed by atoms with Crippen molar-refractivity contribution >= 4 is 38.0 Å². The highest BCUT2D eigenvalue weighted by Gasteiger charge is 2.29. The van der Waals surface area contributed by atoms with E-state index in [0.29, 0.717) is 23.6 Å². The lowest BCUT2D eigenvalue weighted by molar-refractivity contribution is 0.310. The molecule has 0 amide bonds. The maximum absolute atomic E-state index is 14.3. The number of para-hydroxylation sites is 1. The highest BCUT2D eigenvalue weighted by atomic mass is 32.2. The van der Waals surface area contributed by atoms with Crippen LogP contribution in [0.4, 0.5) is 17.1 Å². The fourth-order valence-electron chi connectivity index (χ4n) is 5.54. The van der Waals surface area contributed by atoms with E-state index in [1.807, 2.05) is 61.3 Å². The van der Waals surface area contributed by atoms with E-state index >= 15 is 0 Å². The number of rotatable bonds is 6. The summed E-state index contributed by atoms with van der Waals surface area (Å²) in [5, 5.41) is 0.854. The fourth-order valence-corrected chi connectivity index (χ4v) is 6.99. The van der Waals surface area contributed by atoms with Crippen molar-refractivity contribution in [2.75, 3.05) is 67.5 Å². The first-order chi connectivity index (χ1) is 19.7. The topological polar surface area (TPSA) is 89.2 Å². The van der Waals surface area contributed by atoms with Gasteiger partial charge in [0.05, 0.1) is 34.9 Å². The number of benzene rings is 3. The molecule has 1 saturated heterocycles. The Labute approximate surface area is 240 Å². The average Bonchev–Trinajstić information content (AvgIpc) is 2.97. The lowest BCUT2D eigenvalue weighted by Crippen LogP contribution is -2.44. The summed E-state index contributed by atoms with van der Waals surface area (Å²) < 4.78 is 35.7. The van der Waals surface area contributed by atoms with Gasteiger partial charge in [-0.25, -0.2) is 8.42 Å². The van der Waals surface area contributed by atoms with Crippen LogP contribution in [0.2, 0.25) is 0 Å². The Bertz CT molecular complexity index is 1750. The number of nitrogens with zero attached hydrogens (tertiary/aromatic N) is 4. The number of fused-ring (bicyclic) bond motifs is 2. The number of anilines is 3. The summed E-state index contributed by atoms with van der Waals surface area (Å²) in [6.45, 7) is 6.80. The molecule has 9 nitrogen and oxygen atoms in total. The van der Waals surface area contributed by atoms with Crippen molar-refractivity contribution < 1.29 is 13.2 Å². The van der Waals surface area contributed by atoms with E-state index in [4.69, 9.17) is 4.74 Å². The number of hydrogen-bond donors (Lipinski definition) is 1. The molecule has 10 heteroatoms. The Kier molecular flexibility index (Phi) is 7.13. The molecule has 0 unspecified atom stereocenters. The van der Waals surface area contributed by atoms with Gasteiger partial charge in [-0.05, 0) is 67.4 Å². The number of ether oxygens (including phenoxy) is 1. The molecule has 3 aromatic carbocycles. The van der Waals surface area contributed by atoms with Crippen LogP contribution in [0.1, 0.15) is 11.1 Å². The number of H-pyrrole nitrogens is 1. The second kappa shape index (κ2) is 10.8. The smallest absolute Gasteiger partial charge is 0.264 e. The van der Waals surface area contributed by atoms with E-state index in [0.717, 1.165) is 60.6 Å². The van der Waals surface area contributed by atoms with E-state index < -0.39 is 10.0 Å². The van der Waals surface area contributed by atoms with Crippen molar-refractivity contribution in [2.45, 2.75) is 18.4 Å². The third-order valence-electron chi connectivity index (χ3n) is 8.10. The van der Waals surface area contributed by atoms with Crippen LogP contribution in [0.15, 0.2) is 76.4 Å². The molecule has 1 aromatic heterocycles. The average molecular weight is 574 g/mol. The number of piperazine rings is 1. The first-order valence-electron chi connectivity index (χ1n) is 13.9. The van der Waals surface area contributed by atoms with Gasteiger partial charge in [0.15, 0.2) is 0 Å². The minimum Gasteiger partial charge on any atom is -0.490 e. The summed E-state index contributed by atoms with van der Waals surface area (Å²) in [5.41, 5.74) is 4.14. The van der Waals surface area contributed by atoms with Crippen LogP contribution in [0, 0.1) is 6.92 Å². The van der Waals surface area contributed by atoms with Crippen LogP contribution < -0.4 is 24.4 Å². The lowest BCUT2D eigenvalue weighted by Gasteiger charge is -2.34. The predicted molar refractivity (Wildman–Crippen MR) is 164 cm³/mol. The van der Waals surface area contributed by atoms with E-state index in [9.17, 15) is 13.2 Å². The monoisotopic (exact) mass is 573 g/mol. The molecule has 0 saturated carbocycles. The van der Waals surface area contributed by atoms with Crippen LogP contribution in [0.25, 0.3) is 10.9 Å². The predicted octanol–water partition coefficient (Wildman–Crippen LogP) is 3.81. The van der Waals surface area contributed by atoms with Crippen LogP contribution in [-0.2, 0) is 16.6 Å². The molecule has 0 atom stereocenters. The molecule has 0 aliphatic carbocycles. The highest BCUT2D eigenvalue weighted by molar-refractivity contribution is 7.92. The minimum absolute atomic E-state index is 0.114. The van der Waals surface area contributed by atoms with Gasteiger partial charge in [0.1, 0.15) is 12.4 Å². The normalized spacial score (nSPS) is 16.0. The van der Waals surface area contributed by atoms with Crippen molar-refractivity contribution in [3.63, 3.8) is 0 Å². The number of aryl methyl sites for hydroxylation is 1. The number of sulfonamides is 1. The zero-order valence-electron chi connectivity index (χ0n) is 23.6. The Hall–Kier alpha value is -4.02. The van der Waals surface area contributed by atoms with Gasteiger partial charge in [0.2, 0.25) is 0 Å². The van der Waals surface area contributed by atoms with Crippen molar-refractivity contribution in [3.05, 3.63) is 88.2 Å². The molecule has 214 valence electrons. The van der Waals surface area contributed by atoms with E-state index in [-0.39, 0.29) is 17.0 Å². The first-order valence-corrected chi connectivity index (χ1v) is 15.3. The van der Waals surface area contributed by atoms with Crippen LogP contribution >= 0.6 is 0 Å². The standard InChI is InChI=1S/C31H35N5O4S/c1-22-5-4-6-23-19-24(31(37)32-30(22)23)21-36(26-9-7-25(8-10-26)35-15-13-33(2)14-16-35)41(38,39)27-11-12-28-29(20-27)40-18-17-34(28)3/h4-12,19-20H,13-18,21H2,1-3H3,(H,32,37). The summed E-state index contributed by atoms with van der Waals surface area (Å²) in [4.78, 5) is 22.9. The number of pyridine rings is 1. The Morgan fingerprint density at radius 2 is 1.68 bits per heavy atom. The van der Waals surface area contributed by atoms with Crippen molar-refractivity contribution in [3.8, 4) is 5.75 Å². The maximum Gasteiger partial charge on any atom is 0.264 e. The van der Waals surface area contributed by atoms with E-state index in [2.05, 4.69) is 21.8 Å². The van der Waals surface area contributed by atoms with Gasteiger partial charge in [-0.1, -0.05) is 18.2 Å². The molecule has 0 bridgehead atoms. The molecule has 2 aliphatic heterocycles.